The van der Waals surface area contributed by atoms with E-state index in [1.165, 1.54) is 22.2 Å². The number of halogens is 1. The maximum atomic E-state index is 12.5. The minimum absolute atomic E-state index is 0.0229. The molecule has 136 valence electrons. The first kappa shape index (κ1) is 18.7. The van der Waals surface area contributed by atoms with E-state index in [2.05, 4.69) is 67.7 Å². The van der Waals surface area contributed by atoms with Gasteiger partial charge in [0.2, 0.25) is 0 Å². The highest BCUT2D eigenvalue weighted by Gasteiger charge is 2.15. The molecule has 6 heteroatoms. The smallest absolute Gasteiger partial charge is 0.251 e. The van der Waals surface area contributed by atoms with Gasteiger partial charge in [0.05, 0.1) is 28.4 Å². The van der Waals surface area contributed by atoms with Gasteiger partial charge < -0.3 is 10.2 Å². The predicted molar refractivity (Wildman–Crippen MR) is 112 cm³/mol. The Kier molecular flexibility index (Phi) is 6.01. The monoisotopic (exact) mass is 454 g/mol. The second-order valence-corrected chi connectivity index (χ2v) is 7.80. The number of carbonyl (C=O) groups is 1. The van der Waals surface area contributed by atoms with Crippen LogP contribution in [0.2, 0.25) is 0 Å². The molecule has 3 rings (SSSR count). The zero-order valence-corrected chi connectivity index (χ0v) is 17.5. The number of aromatic nitrogens is 1. The van der Waals surface area contributed by atoms with Crippen LogP contribution < -0.4 is 5.32 Å². The number of nitrogens with one attached hydrogen (secondary N) is 1. The molecular weight excluding hydrogens is 427 g/mol. The van der Waals surface area contributed by atoms with E-state index < -0.39 is 0 Å². The SMILES string of the molecule is CCc1c(C)c2cc(C(=O)NCCN3CCN(C)CC3)ccc2n1I. The molecule has 1 aliphatic heterocycles. The van der Waals surface area contributed by atoms with Crippen LogP contribution in [0.1, 0.15) is 28.5 Å². The zero-order valence-electron chi connectivity index (χ0n) is 15.3. The molecule has 0 unspecified atom stereocenters. The molecule has 1 aliphatic rings. The fraction of sp³-hybridized carbons (Fsp3) is 0.526. The molecule has 0 bridgehead atoms. The van der Waals surface area contributed by atoms with Crippen LogP contribution in [0.4, 0.5) is 0 Å². The average molecular weight is 454 g/mol. The first-order chi connectivity index (χ1) is 12.0. The molecule has 0 atom stereocenters. The molecule has 1 aromatic heterocycles. The molecule has 25 heavy (non-hydrogen) atoms. The van der Waals surface area contributed by atoms with Crippen molar-refractivity contribution < 1.29 is 4.79 Å². The first-order valence-electron chi connectivity index (χ1n) is 9.00. The molecular formula is C19H27IN4O. The van der Waals surface area contributed by atoms with Crippen molar-refractivity contribution >= 4 is 39.7 Å². The van der Waals surface area contributed by atoms with Gasteiger partial charge in [0.25, 0.3) is 5.91 Å². The van der Waals surface area contributed by atoms with E-state index in [9.17, 15) is 4.79 Å². The Hall–Kier alpha value is -1.12. The van der Waals surface area contributed by atoms with Crippen molar-refractivity contribution in [1.29, 1.82) is 0 Å². The number of hydrogen-bond acceptors (Lipinski definition) is 3. The molecule has 2 aromatic rings. The van der Waals surface area contributed by atoms with Crippen LogP contribution in [0.3, 0.4) is 0 Å². The summed E-state index contributed by atoms with van der Waals surface area (Å²) in [6.07, 6.45) is 0.996. The summed E-state index contributed by atoms with van der Waals surface area (Å²) in [7, 11) is 2.16. The fourth-order valence-corrected chi connectivity index (χ4v) is 4.63. The number of carbonyl (C=O) groups excluding carboxylic acids is 1. The normalized spacial score (nSPS) is 16.5. The Labute approximate surface area is 163 Å². The van der Waals surface area contributed by atoms with Gasteiger partial charge in [-0.1, -0.05) is 6.92 Å². The van der Waals surface area contributed by atoms with Gasteiger partial charge in [-0.05, 0) is 44.2 Å². The third kappa shape index (κ3) is 4.01. The molecule has 0 saturated carbocycles. The third-order valence-corrected chi connectivity index (χ3v) is 6.29. The molecule has 0 spiro atoms. The number of amides is 1. The number of likely N-dealkylation sites (N-methyl/N-ethyl adjacent to an activating group) is 1. The summed E-state index contributed by atoms with van der Waals surface area (Å²) < 4.78 is 2.21. The summed E-state index contributed by atoms with van der Waals surface area (Å²) in [5.41, 5.74) is 4.53. The molecule has 2 heterocycles. The highest BCUT2D eigenvalue weighted by atomic mass is 127. The maximum Gasteiger partial charge on any atom is 0.251 e. The van der Waals surface area contributed by atoms with Gasteiger partial charge >= 0.3 is 0 Å². The second kappa shape index (κ2) is 8.05. The van der Waals surface area contributed by atoms with Crippen LogP contribution in [0.5, 0.6) is 0 Å². The van der Waals surface area contributed by atoms with Crippen molar-refractivity contribution in [2.24, 2.45) is 0 Å². The van der Waals surface area contributed by atoms with E-state index >= 15 is 0 Å². The number of benzene rings is 1. The standard InChI is InChI=1S/C19H27IN4O/c1-4-17-14(2)16-13-15(5-6-18(16)24(17)20)19(25)21-7-8-23-11-9-22(3)10-12-23/h5-6,13H,4,7-12H2,1-3H3,(H,21,25). The summed E-state index contributed by atoms with van der Waals surface area (Å²) >= 11 is 2.34. The minimum atomic E-state index is 0.0229. The fourth-order valence-electron chi connectivity index (χ4n) is 3.50. The Morgan fingerprint density at radius 1 is 1.24 bits per heavy atom. The van der Waals surface area contributed by atoms with E-state index in [-0.39, 0.29) is 5.91 Å². The van der Waals surface area contributed by atoms with Gasteiger partial charge in [-0.2, -0.15) is 0 Å². The molecule has 0 radical (unpaired) electrons. The van der Waals surface area contributed by atoms with Crippen molar-refractivity contribution in [1.82, 2.24) is 17.9 Å². The maximum absolute atomic E-state index is 12.5. The summed E-state index contributed by atoms with van der Waals surface area (Å²) in [5, 5.41) is 4.25. The summed E-state index contributed by atoms with van der Waals surface area (Å²) in [6.45, 7) is 10.3. The highest BCUT2D eigenvalue weighted by molar-refractivity contribution is 14.1. The molecule has 5 nitrogen and oxygen atoms in total. The lowest BCUT2D eigenvalue weighted by molar-refractivity contribution is 0.0941. The quantitative estimate of drug-likeness (QED) is 0.707. The first-order valence-corrected chi connectivity index (χ1v) is 9.97. The number of hydrogen-bond donors (Lipinski definition) is 1. The van der Waals surface area contributed by atoms with E-state index in [0.717, 1.165) is 44.7 Å². The molecule has 0 aliphatic carbocycles. The largest absolute Gasteiger partial charge is 0.351 e. The lowest BCUT2D eigenvalue weighted by atomic mass is 10.1. The van der Waals surface area contributed by atoms with Gasteiger partial charge in [0.15, 0.2) is 0 Å². The van der Waals surface area contributed by atoms with E-state index in [0.29, 0.717) is 6.54 Å². The molecule has 1 saturated heterocycles. The van der Waals surface area contributed by atoms with E-state index in [1.807, 2.05) is 12.1 Å². The Morgan fingerprint density at radius 3 is 2.64 bits per heavy atom. The number of fused-ring (bicyclic) bond motifs is 1. The van der Waals surface area contributed by atoms with E-state index in [1.54, 1.807) is 0 Å². The lowest BCUT2D eigenvalue weighted by Gasteiger charge is -2.32. The topological polar surface area (TPSA) is 40.5 Å². The van der Waals surface area contributed by atoms with Crippen molar-refractivity contribution in [2.45, 2.75) is 20.3 Å². The second-order valence-electron chi connectivity index (χ2n) is 6.84. The number of nitrogens with zero attached hydrogens (tertiary/aromatic N) is 3. The van der Waals surface area contributed by atoms with Crippen LogP contribution in [-0.2, 0) is 6.42 Å². The van der Waals surface area contributed by atoms with Gasteiger partial charge in [-0.3, -0.25) is 12.5 Å². The Morgan fingerprint density at radius 2 is 1.96 bits per heavy atom. The third-order valence-electron chi connectivity index (χ3n) is 5.19. The van der Waals surface area contributed by atoms with Crippen LogP contribution in [0.15, 0.2) is 18.2 Å². The predicted octanol–water partition coefficient (Wildman–Crippen LogP) is 2.69. The number of aryl methyl sites for hydroxylation is 1. The minimum Gasteiger partial charge on any atom is -0.351 e. The van der Waals surface area contributed by atoms with Crippen LogP contribution in [0, 0.1) is 6.92 Å². The van der Waals surface area contributed by atoms with Crippen LogP contribution >= 0.6 is 22.9 Å². The van der Waals surface area contributed by atoms with Gasteiger partial charge in [0.1, 0.15) is 0 Å². The number of piperazine rings is 1. The van der Waals surface area contributed by atoms with Crippen molar-refractivity contribution in [2.75, 3.05) is 46.3 Å². The van der Waals surface area contributed by atoms with Gasteiger partial charge in [-0.25, -0.2) is 0 Å². The van der Waals surface area contributed by atoms with Crippen molar-refractivity contribution in [3.05, 3.63) is 35.0 Å². The number of rotatable bonds is 5. The summed E-state index contributed by atoms with van der Waals surface area (Å²) in [6, 6.07) is 6.02. The molecule has 1 amide bonds. The van der Waals surface area contributed by atoms with Crippen LogP contribution in [-0.4, -0.2) is 64.8 Å². The van der Waals surface area contributed by atoms with Crippen molar-refractivity contribution in [3.63, 3.8) is 0 Å². The Balaban J connectivity index is 1.63. The average Bonchev–Trinajstić information content (AvgIpc) is 2.86. The van der Waals surface area contributed by atoms with Gasteiger partial charge in [0, 0.05) is 55.9 Å². The molecule has 1 aromatic carbocycles. The van der Waals surface area contributed by atoms with Crippen LogP contribution in [0.25, 0.3) is 10.9 Å². The summed E-state index contributed by atoms with van der Waals surface area (Å²) in [4.78, 5) is 17.3. The molecule has 1 fully saturated rings. The molecule has 1 N–H and O–H groups in total. The van der Waals surface area contributed by atoms with Crippen molar-refractivity contribution in [3.8, 4) is 0 Å². The lowest BCUT2D eigenvalue weighted by Crippen LogP contribution is -2.46. The van der Waals surface area contributed by atoms with Gasteiger partial charge in [-0.15, -0.1) is 0 Å². The summed E-state index contributed by atoms with van der Waals surface area (Å²) in [5.74, 6) is 0.0229. The Bertz CT molecular complexity index is 762. The highest BCUT2D eigenvalue weighted by Crippen LogP contribution is 2.28. The zero-order chi connectivity index (χ0) is 18.0. The van der Waals surface area contributed by atoms with E-state index in [4.69, 9.17) is 0 Å².